The van der Waals surface area contributed by atoms with Gasteiger partial charge in [-0.15, -0.1) is 11.8 Å². The van der Waals surface area contributed by atoms with Gasteiger partial charge in [0, 0.05) is 29.8 Å². The minimum atomic E-state index is -0.218. The molecule has 1 aromatic carbocycles. The molecule has 0 spiro atoms. The maximum atomic E-state index is 11.2. The van der Waals surface area contributed by atoms with Gasteiger partial charge in [-0.1, -0.05) is 0 Å². The number of pyridine rings is 1. The maximum Gasteiger partial charge on any atom is 0.315 e. The number of hydrogen-bond acceptors (Lipinski definition) is 6. The van der Waals surface area contributed by atoms with E-state index in [1.165, 1.54) is 18.9 Å². The predicted molar refractivity (Wildman–Crippen MR) is 86.0 cm³/mol. The highest BCUT2D eigenvalue weighted by molar-refractivity contribution is 7.99. The summed E-state index contributed by atoms with van der Waals surface area (Å²) in [5.74, 6) is 2.41. The maximum absolute atomic E-state index is 11.2. The number of methoxy groups -OCH3 is 2. The Hall–Kier alpha value is -1.95. The number of hydrogen-bond donors (Lipinski definition) is 1. The standard InChI is InChI=1S/C15H18N2O3S/c1-16-15-11(8-21-9-14(18)20-3)6-10-4-5-12(19-2)7-13(10)17-15/h4-7H,8-9H2,1-3H3,(H,16,17). The fraction of sp³-hybridized carbons (Fsp3) is 0.333. The molecule has 2 rings (SSSR count). The molecule has 0 atom stereocenters. The molecule has 0 radical (unpaired) electrons. The number of aromatic nitrogens is 1. The van der Waals surface area contributed by atoms with Crippen molar-refractivity contribution < 1.29 is 14.3 Å². The Kier molecular flexibility index (Phi) is 5.27. The molecule has 21 heavy (non-hydrogen) atoms. The Morgan fingerprint density at radius 3 is 2.81 bits per heavy atom. The summed E-state index contributed by atoms with van der Waals surface area (Å²) >= 11 is 1.51. The van der Waals surface area contributed by atoms with Crippen molar-refractivity contribution in [3.05, 3.63) is 29.8 Å². The van der Waals surface area contributed by atoms with Crippen molar-refractivity contribution >= 4 is 34.5 Å². The van der Waals surface area contributed by atoms with Gasteiger partial charge >= 0.3 is 5.97 Å². The van der Waals surface area contributed by atoms with E-state index in [1.54, 1.807) is 7.11 Å². The van der Waals surface area contributed by atoms with E-state index < -0.39 is 0 Å². The molecular formula is C15H18N2O3S. The van der Waals surface area contributed by atoms with Crippen LogP contribution in [0.4, 0.5) is 5.82 Å². The summed E-state index contributed by atoms with van der Waals surface area (Å²) in [6.07, 6.45) is 0. The van der Waals surface area contributed by atoms with Gasteiger partial charge in [0.2, 0.25) is 0 Å². The molecular weight excluding hydrogens is 288 g/mol. The first-order valence-electron chi connectivity index (χ1n) is 6.48. The van der Waals surface area contributed by atoms with E-state index in [1.807, 2.05) is 25.2 Å². The van der Waals surface area contributed by atoms with Crippen molar-refractivity contribution in [1.82, 2.24) is 4.98 Å². The van der Waals surface area contributed by atoms with Crippen LogP contribution < -0.4 is 10.1 Å². The van der Waals surface area contributed by atoms with Gasteiger partial charge in [0.05, 0.1) is 25.5 Å². The van der Waals surface area contributed by atoms with Crippen molar-refractivity contribution in [1.29, 1.82) is 0 Å². The van der Waals surface area contributed by atoms with E-state index in [4.69, 9.17) is 4.74 Å². The first-order valence-corrected chi connectivity index (χ1v) is 7.63. The number of benzene rings is 1. The molecule has 0 aliphatic rings. The molecule has 0 bridgehead atoms. The smallest absolute Gasteiger partial charge is 0.315 e. The summed E-state index contributed by atoms with van der Waals surface area (Å²) < 4.78 is 9.85. The van der Waals surface area contributed by atoms with Gasteiger partial charge in [-0.05, 0) is 18.2 Å². The molecule has 5 nitrogen and oxygen atoms in total. The van der Waals surface area contributed by atoms with Crippen molar-refractivity contribution in [2.45, 2.75) is 5.75 Å². The second-order valence-corrected chi connectivity index (χ2v) is 5.36. The zero-order valence-electron chi connectivity index (χ0n) is 12.3. The summed E-state index contributed by atoms with van der Waals surface area (Å²) in [7, 11) is 4.87. The van der Waals surface area contributed by atoms with Gasteiger partial charge in [-0.2, -0.15) is 0 Å². The number of fused-ring (bicyclic) bond motifs is 1. The lowest BCUT2D eigenvalue weighted by Gasteiger charge is -2.10. The molecule has 0 saturated heterocycles. The lowest BCUT2D eigenvalue weighted by Crippen LogP contribution is -2.04. The van der Waals surface area contributed by atoms with Crippen LogP contribution in [0.15, 0.2) is 24.3 Å². The minimum Gasteiger partial charge on any atom is -0.497 e. The van der Waals surface area contributed by atoms with Crippen LogP contribution in [0, 0.1) is 0 Å². The summed E-state index contributed by atoms with van der Waals surface area (Å²) in [6.45, 7) is 0. The topological polar surface area (TPSA) is 60.5 Å². The first-order chi connectivity index (χ1) is 10.2. The molecule has 0 aliphatic heterocycles. The van der Waals surface area contributed by atoms with Crippen LogP contribution in [0.1, 0.15) is 5.56 Å². The average molecular weight is 306 g/mol. The molecule has 0 saturated carbocycles. The number of carbonyl (C=O) groups excluding carboxylic acids is 1. The third kappa shape index (κ3) is 3.78. The first kappa shape index (κ1) is 15.4. The van der Waals surface area contributed by atoms with Crippen molar-refractivity contribution in [3.8, 4) is 5.75 Å². The third-order valence-electron chi connectivity index (χ3n) is 3.05. The zero-order chi connectivity index (χ0) is 15.2. The highest BCUT2D eigenvalue weighted by Gasteiger charge is 2.08. The fourth-order valence-corrected chi connectivity index (χ4v) is 2.77. The van der Waals surface area contributed by atoms with Crippen LogP contribution in [-0.2, 0) is 15.3 Å². The number of carbonyl (C=O) groups is 1. The molecule has 112 valence electrons. The van der Waals surface area contributed by atoms with Crippen LogP contribution in [0.3, 0.4) is 0 Å². The summed E-state index contributed by atoms with van der Waals surface area (Å²) in [5, 5.41) is 4.14. The fourth-order valence-electron chi connectivity index (χ4n) is 1.95. The quantitative estimate of drug-likeness (QED) is 0.828. The monoisotopic (exact) mass is 306 g/mol. The molecule has 1 N–H and O–H groups in total. The van der Waals surface area contributed by atoms with E-state index in [2.05, 4.69) is 21.1 Å². The van der Waals surface area contributed by atoms with Crippen LogP contribution in [0.2, 0.25) is 0 Å². The number of ether oxygens (including phenoxy) is 2. The van der Waals surface area contributed by atoms with Gasteiger partial charge in [0.25, 0.3) is 0 Å². The normalized spacial score (nSPS) is 10.4. The molecule has 6 heteroatoms. The second-order valence-electron chi connectivity index (χ2n) is 4.37. The predicted octanol–water partition coefficient (Wildman–Crippen LogP) is 2.69. The van der Waals surface area contributed by atoms with Gasteiger partial charge in [0.1, 0.15) is 11.6 Å². The third-order valence-corrected chi connectivity index (χ3v) is 4.00. The SMILES string of the molecule is CNc1nc2cc(OC)ccc2cc1CSCC(=O)OC. The molecule has 0 aliphatic carbocycles. The van der Waals surface area contributed by atoms with Crippen LogP contribution >= 0.6 is 11.8 Å². The number of esters is 1. The molecule has 1 heterocycles. The Bertz CT molecular complexity index is 646. The van der Waals surface area contributed by atoms with E-state index in [-0.39, 0.29) is 5.97 Å². The lowest BCUT2D eigenvalue weighted by atomic mass is 10.1. The van der Waals surface area contributed by atoms with Crippen LogP contribution in [0.5, 0.6) is 5.75 Å². The number of nitrogens with one attached hydrogen (secondary N) is 1. The second kappa shape index (κ2) is 7.17. The van der Waals surface area contributed by atoms with Crippen LogP contribution in [0.25, 0.3) is 10.9 Å². The molecule has 1 aromatic heterocycles. The van der Waals surface area contributed by atoms with E-state index >= 15 is 0 Å². The molecule has 0 fully saturated rings. The minimum absolute atomic E-state index is 0.218. The lowest BCUT2D eigenvalue weighted by molar-refractivity contribution is -0.137. The summed E-state index contributed by atoms with van der Waals surface area (Å²) in [4.78, 5) is 15.8. The Labute approximate surface area is 128 Å². The zero-order valence-corrected chi connectivity index (χ0v) is 13.1. The van der Waals surface area contributed by atoms with E-state index in [9.17, 15) is 4.79 Å². The average Bonchev–Trinajstić information content (AvgIpc) is 2.53. The Balaban J connectivity index is 2.24. The Morgan fingerprint density at radius 2 is 2.14 bits per heavy atom. The molecule has 0 amide bonds. The van der Waals surface area contributed by atoms with Gasteiger partial charge in [-0.25, -0.2) is 4.98 Å². The summed E-state index contributed by atoms with van der Waals surface area (Å²) in [5.41, 5.74) is 1.93. The molecule has 2 aromatic rings. The van der Waals surface area contributed by atoms with Crippen molar-refractivity contribution in [2.24, 2.45) is 0 Å². The van der Waals surface area contributed by atoms with Crippen LogP contribution in [-0.4, -0.2) is 38.0 Å². The highest BCUT2D eigenvalue weighted by Crippen LogP contribution is 2.26. The number of anilines is 1. The summed E-state index contributed by atoms with van der Waals surface area (Å²) in [6, 6.07) is 7.88. The van der Waals surface area contributed by atoms with Gasteiger partial charge in [-0.3, -0.25) is 4.79 Å². The molecule has 0 unspecified atom stereocenters. The number of thioether (sulfide) groups is 1. The Morgan fingerprint density at radius 1 is 1.33 bits per heavy atom. The van der Waals surface area contributed by atoms with Crippen molar-refractivity contribution in [3.63, 3.8) is 0 Å². The van der Waals surface area contributed by atoms with Crippen molar-refractivity contribution in [2.75, 3.05) is 32.3 Å². The van der Waals surface area contributed by atoms with Gasteiger partial charge in [0.15, 0.2) is 0 Å². The number of rotatable bonds is 6. The van der Waals surface area contributed by atoms with E-state index in [0.29, 0.717) is 11.5 Å². The largest absolute Gasteiger partial charge is 0.497 e. The van der Waals surface area contributed by atoms with Gasteiger partial charge < -0.3 is 14.8 Å². The number of nitrogens with zero attached hydrogens (tertiary/aromatic N) is 1. The van der Waals surface area contributed by atoms with E-state index in [0.717, 1.165) is 28.0 Å². The highest BCUT2D eigenvalue weighted by atomic mass is 32.2.